The number of nitrogens with zero attached hydrogens (tertiary/aromatic N) is 2. The predicted molar refractivity (Wildman–Crippen MR) is 58.3 cm³/mol. The van der Waals surface area contributed by atoms with Gasteiger partial charge in [0.25, 0.3) is 5.92 Å². The standard InChI is InChI=1S/C12H10F2N2O/c13-12(14)3-4-16(8-12)11-2-1-9(7-17)5-10(11)6-15/h1-2,5,7H,3-4,8H2. The molecule has 1 fully saturated rings. The second-order valence-electron chi connectivity index (χ2n) is 4.03. The Hall–Kier alpha value is -1.96. The lowest BCUT2D eigenvalue weighted by molar-refractivity contribution is 0.0257. The molecule has 0 bridgehead atoms. The summed E-state index contributed by atoms with van der Waals surface area (Å²) in [5, 5.41) is 8.95. The molecule has 17 heavy (non-hydrogen) atoms. The van der Waals surface area contributed by atoms with Crippen molar-refractivity contribution in [2.24, 2.45) is 0 Å². The van der Waals surface area contributed by atoms with Crippen molar-refractivity contribution in [3.63, 3.8) is 0 Å². The molecule has 0 aromatic heterocycles. The van der Waals surface area contributed by atoms with Gasteiger partial charge in [0, 0.05) is 18.5 Å². The normalized spacial score (nSPS) is 17.8. The minimum Gasteiger partial charge on any atom is -0.364 e. The Balaban J connectivity index is 2.34. The van der Waals surface area contributed by atoms with Crippen LogP contribution >= 0.6 is 0 Å². The smallest absolute Gasteiger partial charge is 0.266 e. The van der Waals surface area contributed by atoms with Crippen molar-refractivity contribution in [2.75, 3.05) is 18.0 Å². The third kappa shape index (κ3) is 2.26. The van der Waals surface area contributed by atoms with Crippen LogP contribution in [0.15, 0.2) is 18.2 Å². The maximum atomic E-state index is 13.1. The molecule has 0 aliphatic carbocycles. The highest BCUT2D eigenvalue weighted by molar-refractivity contribution is 5.78. The molecule has 0 N–H and O–H groups in total. The van der Waals surface area contributed by atoms with Gasteiger partial charge in [-0.1, -0.05) is 0 Å². The van der Waals surface area contributed by atoms with E-state index in [1.165, 1.54) is 17.0 Å². The number of benzene rings is 1. The number of halogens is 2. The van der Waals surface area contributed by atoms with Gasteiger partial charge in [0.1, 0.15) is 12.4 Å². The molecule has 0 saturated carbocycles. The van der Waals surface area contributed by atoms with Crippen LogP contribution in [0.4, 0.5) is 14.5 Å². The molecular weight excluding hydrogens is 226 g/mol. The van der Waals surface area contributed by atoms with Gasteiger partial charge in [-0.15, -0.1) is 0 Å². The fourth-order valence-corrected chi connectivity index (χ4v) is 1.93. The highest BCUT2D eigenvalue weighted by Gasteiger charge is 2.38. The van der Waals surface area contributed by atoms with Crippen LogP contribution in [0.5, 0.6) is 0 Å². The maximum absolute atomic E-state index is 13.1. The molecule has 0 atom stereocenters. The maximum Gasteiger partial charge on any atom is 0.266 e. The van der Waals surface area contributed by atoms with Gasteiger partial charge in [-0.05, 0) is 18.2 Å². The largest absolute Gasteiger partial charge is 0.364 e. The summed E-state index contributed by atoms with van der Waals surface area (Å²) in [4.78, 5) is 12.0. The molecular formula is C12H10F2N2O. The van der Waals surface area contributed by atoms with Crippen molar-refractivity contribution in [1.82, 2.24) is 0 Å². The van der Waals surface area contributed by atoms with E-state index < -0.39 is 5.92 Å². The Bertz CT molecular complexity index is 494. The van der Waals surface area contributed by atoms with Crippen LogP contribution in [0.3, 0.4) is 0 Å². The molecule has 1 aromatic carbocycles. The summed E-state index contributed by atoms with van der Waals surface area (Å²) in [6.07, 6.45) is 0.427. The Morgan fingerprint density at radius 1 is 1.47 bits per heavy atom. The van der Waals surface area contributed by atoms with E-state index in [1.807, 2.05) is 6.07 Å². The Morgan fingerprint density at radius 2 is 2.24 bits per heavy atom. The van der Waals surface area contributed by atoms with Gasteiger partial charge >= 0.3 is 0 Å². The van der Waals surface area contributed by atoms with Gasteiger partial charge in [-0.3, -0.25) is 4.79 Å². The Labute approximate surface area is 97.3 Å². The number of hydrogen-bond donors (Lipinski definition) is 0. The lowest BCUT2D eigenvalue weighted by Gasteiger charge is -2.19. The number of aldehydes is 1. The van der Waals surface area contributed by atoms with Crippen LogP contribution in [0.1, 0.15) is 22.3 Å². The third-order valence-electron chi connectivity index (χ3n) is 2.79. The van der Waals surface area contributed by atoms with Crippen LogP contribution in [-0.2, 0) is 0 Å². The van der Waals surface area contributed by atoms with Crippen LogP contribution in [-0.4, -0.2) is 25.3 Å². The number of anilines is 1. The van der Waals surface area contributed by atoms with E-state index in [-0.39, 0.29) is 25.1 Å². The average Bonchev–Trinajstić information content (AvgIpc) is 2.68. The van der Waals surface area contributed by atoms with Gasteiger partial charge in [0.15, 0.2) is 0 Å². The molecule has 1 aliphatic rings. The fraction of sp³-hybridized carbons (Fsp3) is 0.333. The van der Waals surface area contributed by atoms with Crippen LogP contribution in [0.25, 0.3) is 0 Å². The lowest BCUT2D eigenvalue weighted by Crippen LogP contribution is -2.25. The van der Waals surface area contributed by atoms with Crippen LogP contribution in [0.2, 0.25) is 0 Å². The Morgan fingerprint density at radius 3 is 2.76 bits per heavy atom. The zero-order chi connectivity index (χ0) is 12.5. The van der Waals surface area contributed by atoms with Crippen molar-refractivity contribution in [1.29, 1.82) is 5.26 Å². The molecule has 3 nitrogen and oxygen atoms in total. The molecule has 0 amide bonds. The first-order valence-electron chi connectivity index (χ1n) is 5.18. The van der Waals surface area contributed by atoms with Gasteiger partial charge in [-0.25, -0.2) is 8.78 Å². The van der Waals surface area contributed by atoms with Crippen molar-refractivity contribution in [3.8, 4) is 6.07 Å². The van der Waals surface area contributed by atoms with E-state index in [0.29, 0.717) is 17.5 Å². The molecule has 0 radical (unpaired) electrons. The van der Waals surface area contributed by atoms with Gasteiger partial charge in [0.2, 0.25) is 0 Å². The third-order valence-corrected chi connectivity index (χ3v) is 2.79. The van der Waals surface area contributed by atoms with Crippen molar-refractivity contribution >= 4 is 12.0 Å². The van der Waals surface area contributed by atoms with Gasteiger partial charge in [-0.2, -0.15) is 5.26 Å². The summed E-state index contributed by atoms with van der Waals surface area (Å²) in [5.74, 6) is -2.70. The molecule has 1 saturated heterocycles. The summed E-state index contributed by atoms with van der Waals surface area (Å²) < 4.78 is 26.2. The predicted octanol–water partition coefficient (Wildman–Crippen LogP) is 2.22. The molecule has 0 spiro atoms. The number of hydrogen-bond acceptors (Lipinski definition) is 3. The highest BCUT2D eigenvalue weighted by atomic mass is 19.3. The minimum absolute atomic E-state index is 0.201. The van der Waals surface area contributed by atoms with Gasteiger partial charge < -0.3 is 4.90 Å². The number of rotatable bonds is 2. The summed E-state index contributed by atoms with van der Waals surface area (Å²) in [5.41, 5.74) is 1.10. The molecule has 88 valence electrons. The first-order valence-corrected chi connectivity index (χ1v) is 5.18. The topological polar surface area (TPSA) is 44.1 Å². The first-order chi connectivity index (χ1) is 8.05. The zero-order valence-electron chi connectivity index (χ0n) is 8.99. The van der Waals surface area contributed by atoms with Crippen LogP contribution in [0, 0.1) is 11.3 Å². The SMILES string of the molecule is N#Cc1cc(C=O)ccc1N1CCC(F)(F)C1. The minimum atomic E-state index is -2.70. The number of nitriles is 1. The van der Waals surface area contributed by atoms with Crippen LogP contribution < -0.4 is 4.90 Å². The quantitative estimate of drug-likeness (QED) is 0.739. The highest BCUT2D eigenvalue weighted by Crippen LogP contribution is 2.32. The van der Waals surface area contributed by atoms with Crippen molar-refractivity contribution < 1.29 is 13.6 Å². The molecule has 5 heteroatoms. The number of carbonyl (C=O) groups excluding carboxylic acids is 1. The molecule has 1 heterocycles. The number of alkyl halides is 2. The molecule has 1 aliphatic heterocycles. The van der Waals surface area contributed by atoms with E-state index >= 15 is 0 Å². The zero-order valence-corrected chi connectivity index (χ0v) is 8.99. The molecule has 0 unspecified atom stereocenters. The summed E-state index contributed by atoms with van der Waals surface area (Å²) in [6, 6.07) is 6.42. The molecule has 1 aromatic rings. The van der Waals surface area contributed by atoms with E-state index in [0.717, 1.165) is 0 Å². The summed E-state index contributed by atoms with van der Waals surface area (Å²) in [6.45, 7) is -0.149. The Kier molecular flexibility index (Phi) is 2.80. The average molecular weight is 236 g/mol. The van der Waals surface area contributed by atoms with E-state index in [1.54, 1.807) is 6.07 Å². The summed E-state index contributed by atoms with van der Waals surface area (Å²) in [7, 11) is 0. The monoisotopic (exact) mass is 236 g/mol. The second-order valence-corrected chi connectivity index (χ2v) is 4.03. The van der Waals surface area contributed by atoms with Crippen molar-refractivity contribution in [3.05, 3.63) is 29.3 Å². The summed E-state index contributed by atoms with van der Waals surface area (Å²) >= 11 is 0. The van der Waals surface area contributed by atoms with Gasteiger partial charge in [0.05, 0.1) is 17.8 Å². The van der Waals surface area contributed by atoms with E-state index in [2.05, 4.69) is 0 Å². The first kappa shape index (κ1) is 11.5. The lowest BCUT2D eigenvalue weighted by atomic mass is 10.1. The van der Waals surface area contributed by atoms with E-state index in [4.69, 9.17) is 5.26 Å². The second kappa shape index (κ2) is 4.13. The van der Waals surface area contributed by atoms with Crippen molar-refractivity contribution in [2.45, 2.75) is 12.3 Å². The fourth-order valence-electron chi connectivity index (χ4n) is 1.93. The number of carbonyl (C=O) groups is 1. The van der Waals surface area contributed by atoms with E-state index in [9.17, 15) is 13.6 Å². The molecule has 2 rings (SSSR count).